The summed E-state index contributed by atoms with van der Waals surface area (Å²) in [5.41, 5.74) is 3.53. The maximum Gasteiger partial charge on any atom is 0.279 e. The number of thiazole rings is 1. The topological polar surface area (TPSA) is 52.8 Å². The molecule has 6 heteroatoms. The number of hydrogen-bond acceptors (Lipinski definition) is 4. The number of carbonyl (C=O) groups is 1. The maximum absolute atomic E-state index is 12.8. The molecule has 5 nitrogen and oxygen atoms in total. The predicted molar refractivity (Wildman–Crippen MR) is 104 cm³/mol. The lowest BCUT2D eigenvalue weighted by Crippen LogP contribution is -2.20. The molecule has 0 fully saturated rings. The first-order valence-corrected chi connectivity index (χ1v) is 9.18. The Morgan fingerprint density at radius 2 is 2.00 bits per heavy atom. The molecule has 0 aliphatic rings. The van der Waals surface area contributed by atoms with Crippen molar-refractivity contribution in [2.45, 2.75) is 20.4 Å². The predicted octanol–water partition coefficient (Wildman–Crippen LogP) is 3.72. The van der Waals surface area contributed by atoms with E-state index in [0.717, 1.165) is 27.1 Å². The molecule has 2 aromatic carbocycles. The SMILES string of the molecule is COCCn1c(=NC(=O)c2cc(C)ccc2C)sc2cccc(OC)c21. The number of ether oxygens (including phenoxy) is 2. The fourth-order valence-corrected chi connectivity index (χ4v) is 3.92. The number of amides is 1. The number of hydrogen-bond donors (Lipinski definition) is 0. The molecular formula is C20H22N2O3S. The lowest BCUT2D eigenvalue weighted by molar-refractivity contribution is 0.0996. The van der Waals surface area contributed by atoms with Gasteiger partial charge in [0, 0.05) is 19.2 Å². The lowest BCUT2D eigenvalue weighted by atomic mass is 10.1. The highest BCUT2D eigenvalue weighted by Crippen LogP contribution is 2.27. The second-order valence-corrected chi connectivity index (χ2v) is 7.08. The quantitative estimate of drug-likeness (QED) is 0.688. The Bertz CT molecular complexity index is 1020. The minimum absolute atomic E-state index is 0.233. The molecule has 0 N–H and O–H groups in total. The van der Waals surface area contributed by atoms with Gasteiger partial charge in [-0.2, -0.15) is 4.99 Å². The number of carbonyl (C=O) groups excluding carboxylic acids is 1. The largest absolute Gasteiger partial charge is 0.495 e. The van der Waals surface area contributed by atoms with Crippen molar-refractivity contribution in [1.82, 2.24) is 4.57 Å². The summed E-state index contributed by atoms with van der Waals surface area (Å²) < 4.78 is 13.8. The van der Waals surface area contributed by atoms with E-state index in [-0.39, 0.29) is 5.91 Å². The molecule has 1 amide bonds. The molecule has 0 spiro atoms. The van der Waals surface area contributed by atoms with Crippen LogP contribution in [0.15, 0.2) is 41.4 Å². The van der Waals surface area contributed by atoms with Crippen molar-refractivity contribution in [2.75, 3.05) is 20.8 Å². The average molecular weight is 370 g/mol. The number of aromatic nitrogens is 1. The summed E-state index contributed by atoms with van der Waals surface area (Å²) in [4.78, 5) is 17.9. The van der Waals surface area contributed by atoms with Crippen LogP contribution in [0, 0.1) is 13.8 Å². The molecule has 0 saturated heterocycles. The summed E-state index contributed by atoms with van der Waals surface area (Å²) in [6.45, 7) is 5.01. The highest BCUT2D eigenvalue weighted by molar-refractivity contribution is 7.16. The number of benzene rings is 2. The maximum atomic E-state index is 12.8. The van der Waals surface area contributed by atoms with Crippen LogP contribution in [0.5, 0.6) is 5.75 Å². The van der Waals surface area contributed by atoms with Gasteiger partial charge >= 0.3 is 0 Å². The van der Waals surface area contributed by atoms with E-state index >= 15 is 0 Å². The van der Waals surface area contributed by atoms with E-state index in [4.69, 9.17) is 9.47 Å². The van der Waals surface area contributed by atoms with E-state index in [1.165, 1.54) is 11.3 Å². The van der Waals surface area contributed by atoms with Gasteiger partial charge in [0.2, 0.25) is 0 Å². The van der Waals surface area contributed by atoms with Gasteiger partial charge in [-0.25, -0.2) is 0 Å². The average Bonchev–Trinajstić information content (AvgIpc) is 2.98. The van der Waals surface area contributed by atoms with Crippen molar-refractivity contribution >= 4 is 27.5 Å². The van der Waals surface area contributed by atoms with Crippen LogP contribution in [0.4, 0.5) is 0 Å². The second-order valence-electron chi connectivity index (χ2n) is 6.07. The zero-order valence-corrected chi connectivity index (χ0v) is 16.2. The highest BCUT2D eigenvalue weighted by atomic mass is 32.1. The van der Waals surface area contributed by atoms with Gasteiger partial charge in [0.15, 0.2) is 4.80 Å². The molecule has 0 unspecified atom stereocenters. The Morgan fingerprint density at radius 1 is 1.19 bits per heavy atom. The van der Waals surface area contributed by atoms with Crippen LogP contribution in [0.2, 0.25) is 0 Å². The molecule has 3 aromatic rings. The zero-order valence-electron chi connectivity index (χ0n) is 15.4. The second kappa shape index (κ2) is 7.85. The Morgan fingerprint density at radius 3 is 2.73 bits per heavy atom. The molecule has 0 aliphatic carbocycles. The Kier molecular flexibility index (Phi) is 5.54. The standard InChI is InChI=1S/C20H22N2O3S/c1-13-8-9-14(2)15(12-13)19(23)21-20-22(10-11-24-3)18-16(25-4)6-5-7-17(18)26-20/h5-9,12H,10-11H2,1-4H3. The van der Waals surface area contributed by atoms with Crippen LogP contribution in [0.25, 0.3) is 10.2 Å². The molecule has 0 atom stereocenters. The van der Waals surface area contributed by atoms with Crippen LogP contribution >= 0.6 is 11.3 Å². The van der Waals surface area contributed by atoms with Crippen LogP contribution in [0.1, 0.15) is 21.5 Å². The van der Waals surface area contributed by atoms with Crippen molar-refractivity contribution in [3.63, 3.8) is 0 Å². The first-order valence-electron chi connectivity index (χ1n) is 8.36. The summed E-state index contributed by atoms with van der Waals surface area (Å²) in [5, 5.41) is 0. The van der Waals surface area contributed by atoms with Gasteiger partial charge in [-0.15, -0.1) is 0 Å². The monoisotopic (exact) mass is 370 g/mol. The van der Waals surface area contributed by atoms with Crippen LogP contribution < -0.4 is 9.54 Å². The van der Waals surface area contributed by atoms with Crippen LogP contribution in [0.3, 0.4) is 0 Å². The molecule has 136 valence electrons. The number of fused-ring (bicyclic) bond motifs is 1. The minimum Gasteiger partial charge on any atom is -0.495 e. The van der Waals surface area contributed by atoms with E-state index < -0.39 is 0 Å². The van der Waals surface area contributed by atoms with Crippen molar-refractivity contribution in [3.05, 3.63) is 57.9 Å². The van der Waals surface area contributed by atoms with Crippen molar-refractivity contribution in [2.24, 2.45) is 4.99 Å². The van der Waals surface area contributed by atoms with E-state index in [2.05, 4.69) is 4.99 Å². The molecular weight excluding hydrogens is 348 g/mol. The molecule has 0 aliphatic heterocycles. The summed E-state index contributed by atoms with van der Waals surface area (Å²) >= 11 is 1.48. The van der Waals surface area contributed by atoms with E-state index in [0.29, 0.717) is 23.5 Å². The Hall–Kier alpha value is -2.44. The van der Waals surface area contributed by atoms with Crippen LogP contribution in [-0.2, 0) is 11.3 Å². The summed E-state index contributed by atoms with van der Waals surface area (Å²) in [6, 6.07) is 11.7. The van der Waals surface area contributed by atoms with Crippen molar-refractivity contribution in [1.29, 1.82) is 0 Å². The molecule has 3 rings (SSSR count). The normalized spacial score (nSPS) is 11.9. The van der Waals surface area contributed by atoms with Crippen LogP contribution in [-0.4, -0.2) is 31.3 Å². The van der Waals surface area contributed by atoms with Gasteiger partial charge in [0.1, 0.15) is 11.3 Å². The summed E-state index contributed by atoms with van der Waals surface area (Å²) in [5.74, 6) is 0.526. The molecule has 1 aromatic heterocycles. The first-order chi connectivity index (χ1) is 12.5. The fraction of sp³-hybridized carbons (Fsp3) is 0.300. The highest BCUT2D eigenvalue weighted by Gasteiger charge is 2.14. The van der Waals surface area contributed by atoms with Crippen molar-refractivity contribution in [3.8, 4) is 5.75 Å². The van der Waals surface area contributed by atoms with Gasteiger partial charge in [-0.3, -0.25) is 4.79 Å². The fourth-order valence-electron chi connectivity index (χ4n) is 2.85. The van der Waals surface area contributed by atoms with E-state index in [1.807, 2.05) is 54.8 Å². The molecule has 0 radical (unpaired) electrons. The third kappa shape index (κ3) is 3.57. The molecule has 1 heterocycles. The molecule has 0 bridgehead atoms. The number of para-hydroxylation sites is 1. The number of nitrogens with zero attached hydrogens (tertiary/aromatic N) is 2. The first kappa shape index (κ1) is 18.4. The van der Waals surface area contributed by atoms with E-state index in [9.17, 15) is 4.79 Å². The number of aryl methyl sites for hydroxylation is 2. The number of rotatable bonds is 5. The minimum atomic E-state index is -0.233. The van der Waals surface area contributed by atoms with Gasteiger partial charge in [0.05, 0.1) is 18.4 Å². The third-order valence-electron chi connectivity index (χ3n) is 4.22. The van der Waals surface area contributed by atoms with Gasteiger partial charge in [-0.1, -0.05) is 35.1 Å². The Labute approximate surface area is 156 Å². The summed E-state index contributed by atoms with van der Waals surface area (Å²) in [6.07, 6.45) is 0. The van der Waals surface area contributed by atoms with Crippen molar-refractivity contribution < 1.29 is 14.3 Å². The van der Waals surface area contributed by atoms with Gasteiger partial charge in [0.25, 0.3) is 5.91 Å². The molecule has 26 heavy (non-hydrogen) atoms. The lowest BCUT2D eigenvalue weighted by Gasteiger charge is -2.08. The third-order valence-corrected chi connectivity index (χ3v) is 5.27. The number of methoxy groups -OCH3 is 2. The zero-order chi connectivity index (χ0) is 18.7. The van der Waals surface area contributed by atoms with Gasteiger partial charge < -0.3 is 14.0 Å². The Balaban J connectivity index is 2.18. The van der Waals surface area contributed by atoms with Gasteiger partial charge in [-0.05, 0) is 37.6 Å². The summed E-state index contributed by atoms with van der Waals surface area (Å²) in [7, 11) is 3.30. The van der Waals surface area contributed by atoms with E-state index in [1.54, 1.807) is 14.2 Å². The smallest absolute Gasteiger partial charge is 0.279 e. The molecule has 0 saturated carbocycles.